The van der Waals surface area contributed by atoms with Crippen LogP contribution in [0, 0.1) is 0 Å². The van der Waals surface area contributed by atoms with Crippen LogP contribution in [0.25, 0.3) is 16.6 Å². The normalized spacial score (nSPS) is 11.0. The zero-order chi connectivity index (χ0) is 21.1. The number of para-hydroxylation sites is 1. The van der Waals surface area contributed by atoms with Crippen molar-refractivity contribution in [3.63, 3.8) is 0 Å². The Bertz CT molecular complexity index is 1270. The molecule has 8 heteroatoms. The summed E-state index contributed by atoms with van der Waals surface area (Å²) < 4.78 is 7.60. The molecule has 0 N–H and O–H groups in total. The number of halogens is 1. The molecule has 0 amide bonds. The Morgan fingerprint density at radius 1 is 1.13 bits per heavy atom. The van der Waals surface area contributed by atoms with Crippen LogP contribution in [0.2, 0.25) is 4.34 Å². The van der Waals surface area contributed by atoms with Crippen molar-refractivity contribution in [3.8, 4) is 11.4 Å². The van der Waals surface area contributed by atoms with E-state index in [1.165, 1.54) is 27.7 Å². The van der Waals surface area contributed by atoms with Gasteiger partial charge in [-0.2, -0.15) is 0 Å². The van der Waals surface area contributed by atoms with Gasteiger partial charge in [0.1, 0.15) is 5.75 Å². The summed E-state index contributed by atoms with van der Waals surface area (Å²) in [5.41, 5.74) is 1.08. The van der Waals surface area contributed by atoms with Crippen molar-refractivity contribution >= 4 is 51.4 Å². The summed E-state index contributed by atoms with van der Waals surface area (Å²) in [5.74, 6) is 0.818. The molecule has 0 saturated heterocycles. The van der Waals surface area contributed by atoms with E-state index in [9.17, 15) is 9.59 Å². The molecule has 0 radical (unpaired) electrons. The summed E-state index contributed by atoms with van der Waals surface area (Å²) in [6.07, 6.45) is 0. The minimum atomic E-state index is -0.182. The number of carbonyl (C=O) groups is 1. The molecule has 0 aliphatic rings. The standard InChI is InChI=1S/C22H17ClN2O3S2/c1-2-28-15-9-7-14(8-10-15)25-21(27)16-5-3-4-6-17(16)24-22(25)29-13-18(26)19-11-12-20(23)30-19/h3-12H,2,13H2,1H3. The molecule has 0 unspecified atom stereocenters. The molecule has 0 aliphatic carbocycles. The van der Waals surface area contributed by atoms with Crippen LogP contribution in [0.15, 0.2) is 70.6 Å². The Labute approximate surface area is 186 Å². The Kier molecular flexibility index (Phi) is 6.22. The number of rotatable bonds is 7. The van der Waals surface area contributed by atoms with E-state index in [4.69, 9.17) is 16.3 Å². The second kappa shape index (κ2) is 9.04. The monoisotopic (exact) mass is 456 g/mol. The molecular formula is C22H17ClN2O3S2. The molecule has 0 fully saturated rings. The lowest BCUT2D eigenvalue weighted by molar-refractivity contribution is 0.102. The van der Waals surface area contributed by atoms with Crippen LogP contribution in [0.1, 0.15) is 16.6 Å². The molecule has 2 heterocycles. The summed E-state index contributed by atoms with van der Waals surface area (Å²) in [5, 5.41) is 0.978. The van der Waals surface area contributed by atoms with Crippen molar-refractivity contribution < 1.29 is 9.53 Å². The maximum atomic E-state index is 13.3. The molecule has 2 aromatic carbocycles. The van der Waals surface area contributed by atoms with E-state index in [0.717, 1.165) is 5.75 Å². The van der Waals surface area contributed by atoms with E-state index in [0.29, 0.717) is 37.6 Å². The van der Waals surface area contributed by atoms with Gasteiger partial charge in [-0.1, -0.05) is 35.5 Å². The number of Topliss-reactive ketones (excluding diaryl/α,β-unsaturated/α-hetero) is 1. The number of hydrogen-bond acceptors (Lipinski definition) is 6. The lowest BCUT2D eigenvalue weighted by Crippen LogP contribution is -2.22. The number of thioether (sulfide) groups is 1. The van der Waals surface area contributed by atoms with Crippen LogP contribution >= 0.6 is 34.7 Å². The fourth-order valence-electron chi connectivity index (χ4n) is 2.96. The minimum Gasteiger partial charge on any atom is -0.494 e. The Hall–Kier alpha value is -2.61. The highest BCUT2D eigenvalue weighted by molar-refractivity contribution is 7.99. The number of thiophene rings is 1. The van der Waals surface area contributed by atoms with Crippen molar-refractivity contribution in [2.75, 3.05) is 12.4 Å². The molecule has 0 saturated carbocycles. The molecular weight excluding hydrogens is 440 g/mol. The minimum absolute atomic E-state index is 0.0578. The molecule has 0 aliphatic heterocycles. The zero-order valence-corrected chi connectivity index (χ0v) is 18.4. The van der Waals surface area contributed by atoms with Crippen LogP contribution in [0.3, 0.4) is 0 Å². The molecule has 0 spiro atoms. The maximum absolute atomic E-state index is 13.3. The van der Waals surface area contributed by atoms with E-state index in [1.807, 2.05) is 43.3 Å². The van der Waals surface area contributed by atoms with Gasteiger partial charge in [-0.15, -0.1) is 11.3 Å². The van der Waals surface area contributed by atoms with Crippen molar-refractivity contribution in [2.24, 2.45) is 0 Å². The topological polar surface area (TPSA) is 61.2 Å². The lowest BCUT2D eigenvalue weighted by atomic mass is 10.2. The van der Waals surface area contributed by atoms with Crippen LogP contribution < -0.4 is 10.3 Å². The Balaban J connectivity index is 1.74. The van der Waals surface area contributed by atoms with Crippen molar-refractivity contribution in [1.29, 1.82) is 0 Å². The molecule has 0 bridgehead atoms. The van der Waals surface area contributed by atoms with Gasteiger partial charge in [-0.05, 0) is 55.5 Å². The van der Waals surface area contributed by atoms with Crippen molar-refractivity contribution in [2.45, 2.75) is 12.1 Å². The van der Waals surface area contributed by atoms with Crippen LogP contribution in [0.5, 0.6) is 5.75 Å². The predicted molar refractivity (Wildman–Crippen MR) is 123 cm³/mol. The van der Waals surface area contributed by atoms with Gasteiger partial charge in [0.05, 0.1) is 38.2 Å². The van der Waals surface area contributed by atoms with Gasteiger partial charge in [0, 0.05) is 0 Å². The molecule has 152 valence electrons. The van der Waals surface area contributed by atoms with Gasteiger partial charge in [0.15, 0.2) is 10.9 Å². The van der Waals surface area contributed by atoms with E-state index >= 15 is 0 Å². The molecule has 2 aromatic heterocycles. The molecule has 5 nitrogen and oxygen atoms in total. The maximum Gasteiger partial charge on any atom is 0.266 e. The number of ether oxygens (including phenoxy) is 1. The first-order chi connectivity index (χ1) is 14.6. The number of aromatic nitrogens is 2. The van der Waals surface area contributed by atoms with Crippen molar-refractivity contribution in [3.05, 3.63) is 80.2 Å². The molecule has 4 aromatic rings. The van der Waals surface area contributed by atoms with Gasteiger partial charge in [-0.25, -0.2) is 4.98 Å². The number of benzene rings is 2. The first-order valence-electron chi connectivity index (χ1n) is 9.23. The van der Waals surface area contributed by atoms with Gasteiger partial charge in [-0.3, -0.25) is 14.2 Å². The highest BCUT2D eigenvalue weighted by Crippen LogP contribution is 2.26. The van der Waals surface area contributed by atoms with E-state index < -0.39 is 0 Å². The van der Waals surface area contributed by atoms with Gasteiger partial charge < -0.3 is 4.74 Å². The third kappa shape index (κ3) is 4.28. The number of carbonyl (C=O) groups excluding carboxylic acids is 1. The molecule has 4 rings (SSSR count). The average molecular weight is 457 g/mol. The summed E-state index contributed by atoms with van der Waals surface area (Å²) in [6, 6.07) is 17.9. The number of hydrogen-bond donors (Lipinski definition) is 0. The van der Waals surface area contributed by atoms with Crippen LogP contribution in [-0.4, -0.2) is 27.7 Å². The fourth-order valence-corrected chi connectivity index (χ4v) is 4.93. The highest BCUT2D eigenvalue weighted by atomic mass is 35.5. The second-order valence-corrected chi connectivity index (χ2v) is 8.95. The average Bonchev–Trinajstić information content (AvgIpc) is 3.20. The number of ketones is 1. The SMILES string of the molecule is CCOc1ccc(-n2c(SCC(=O)c3ccc(Cl)s3)nc3ccccc3c2=O)cc1. The van der Waals surface area contributed by atoms with Gasteiger partial charge in [0.25, 0.3) is 5.56 Å². The number of fused-ring (bicyclic) bond motifs is 1. The summed E-state index contributed by atoms with van der Waals surface area (Å²) in [4.78, 5) is 31.0. The Morgan fingerprint density at radius 3 is 2.60 bits per heavy atom. The fraction of sp³-hybridized carbons (Fsp3) is 0.136. The largest absolute Gasteiger partial charge is 0.494 e. The molecule has 0 atom stereocenters. The van der Waals surface area contributed by atoms with E-state index in [-0.39, 0.29) is 17.1 Å². The number of nitrogens with zero attached hydrogens (tertiary/aromatic N) is 2. The highest BCUT2D eigenvalue weighted by Gasteiger charge is 2.16. The Morgan fingerprint density at radius 2 is 1.90 bits per heavy atom. The third-order valence-corrected chi connectivity index (χ3v) is 6.54. The molecule has 30 heavy (non-hydrogen) atoms. The van der Waals surface area contributed by atoms with Gasteiger partial charge in [0.2, 0.25) is 0 Å². The summed E-state index contributed by atoms with van der Waals surface area (Å²) >= 11 is 8.42. The predicted octanol–water partition coefficient (Wildman–Crippen LogP) is 5.47. The van der Waals surface area contributed by atoms with Crippen LogP contribution in [-0.2, 0) is 0 Å². The van der Waals surface area contributed by atoms with E-state index in [1.54, 1.807) is 24.3 Å². The summed E-state index contributed by atoms with van der Waals surface area (Å²) in [6.45, 7) is 2.48. The first kappa shape index (κ1) is 20.7. The zero-order valence-electron chi connectivity index (χ0n) is 16.0. The van der Waals surface area contributed by atoms with Crippen LogP contribution in [0.4, 0.5) is 0 Å². The van der Waals surface area contributed by atoms with Crippen molar-refractivity contribution in [1.82, 2.24) is 9.55 Å². The lowest BCUT2D eigenvalue weighted by Gasteiger charge is -2.13. The van der Waals surface area contributed by atoms with E-state index in [2.05, 4.69) is 4.98 Å². The van der Waals surface area contributed by atoms with Gasteiger partial charge >= 0.3 is 0 Å². The third-order valence-electron chi connectivity index (χ3n) is 4.33. The second-order valence-electron chi connectivity index (χ2n) is 6.29. The quantitative estimate of drug-likeness (QED) is 0.209. The first-order valence-corrected chi connectivity index (χ1v) is 11.4. The summed E-state index contributed by atoms with van der Waals surface area (Å²) in [7, 11) is 0. The smallest absolute Gasteiger partial charge is 0.266 e.